The lowest BCUT2D eigenvalue weighted by molar-refractivity contribution is -0.141. The molecule has 0 aromatic carbocycles. The van der Waals surface area contributed by atoms with Crippen molar-refractivity contribution < 1.29 is 14.3 Å². The monoisotopic (exact) mass is 159 g/mol. The summed E-state index contributed by atoms with van der Waals surface area (Å²) >= 11 is 0. The maximum absolute atomic E-state index is 12.0. The summed E-state index contributed by atoms with van der Waals surface area (Å²) in [5, 5.41) is 8.54. The van der Waals surface area contributed by atoms with Gasteiger partial charge >= 0.3 is 5.97 Å². The van der Waals surface area contributed by atoms with Crippen LogP contribution in [0.25, 0.3) is 0 Å². The highest BCUT2D eigenvalue weighted by molar-refractivity contribution is 5.71. The molecule has 4 heteroatoms. The fourth-order valence-electron chi connectivity index (χ4n) is 1.29. The van der Waals surface area contributed by atoms with Crippen LogP contribution < -0.4 is 5.73 Å². The first-order valence-electron chi connectivity index (χ1n) is 3.42. The number of carboxylic acids is 1. The summed E-state index contributed by atoms with van der Waals surface area (Å²) < 4.78 is 12.0. The minimum absolute atomic E-state index is 0.257. The molecule has 0 amide bonds. The molecular weight excluding hydrogens is 149 g/mol. The zero-order chi connectivity index (χ0) is 8.43. The van der Waals surface area contributed by atoms with Crippen molar-refractivity contribution >= 4 is 5.97 Å². The molecule has 0 spiro atoms. The lowest BCUT2D eigenvalue weighted by Gasteiger charge is -2.00. The van der Waals surface area contributed by atoms with E-state index in [1.165, 1.54) is 0 Å². The third-order valence-electron chi connectivity index (χ3n) is 1.99. The molecular formula is C7H10FNO2. The van der Waals surface area contributed by atoms with Crippen molar-refractivity contribution in [1.82, 2.24) is 0 Å². The second kappa shape index (κ2) is 3.00. The number of carbonyl (C=O) groups is 1. The highest BCUT2D eigenvalue weighted by Crippen LogP contribution is 2.29. The SMILES string of the molecule is NC1CC(C(=O)O)C/C1=C\F. The fraction of sp³-hybridized carbons (Fsp3) is 0.571. The van der Waals surface area contributed by atoms with Crippen molar-refractivity contribution in [1.29, 1.82) is 0 Å². The van der Waals surface area contributed by atoms with E-state index in [-0.39, 0.29) is 6.42 Å². The van der Waals surface area contributed by atoms with Crippen LogP contribution in [0.3, 0.4) is 0 Å². The van der Waals surface area contributed by atoms with Gasteiger partial charge in [-0.15, -0.1) is 0 Å². The molecule has 0 saturated heterocycles. The molecule has 0 heterocycles. The first-order chi connectivity index (χ1) is 5.15. The quantitative estimate of drug-likeness (QED) is 0.590. The van der Waals surface area contributed by atoms with Crippen LogP contribution in [0.5, 0.6) is 0 Å². The molecule has 1 rings (SSSR count). The molecule has 62 valence electrons. The van der Waals surface area contributed by atoms with Gasteiger partial charge in [0.05, 0.1) is 12.2 Å². The second-order valence-electron chi connectivity index (χ2n) is 2.77. The number of nitrogens with two attached hydrogens (primary N) is 1. The molecule has 0 aromatic heterocycles. The van der Waals surface area contributed by atoms with E-state index in [0.717, 1.165) is 0 Å². The van der Waals surface area contributed by atoms with Crippen molar-refractivity contribution in [3.05, 3.63) is 11.9 Å². The Kier molecular flexibility index (Phi) is 2.24. The van der Waals surface area contributed by atoms with Gasteiger partial charge in [0.25, 0.3) is 0 Å². The molecule has 2 atom stereocenters. The molecule has 0 aromatic rings. The Labute approximate surface area is 63.7 Å². The van der Waals surface area contributed by atoms with Crippen LogP contribution in [0, 0.1) is 5.92 Å². The zero-order valence-corrected chi connectivity index (χ0v) is 5.96. The van der Waals surface area contributed by atoms with Crippen LogP contribution in [-0.4, -0.2) is 17.1 Å². The minimum atomic E-state index is -0.891. The van der Waals surface area contributed by atoms with Gasteiger partial charge in [0.1, 0.15) is 0 Å². The summed E-state index contributed by atoms with van der Waals surface area (Å²) in [5.74, 6) is -1.38. The van der Waals surface area contributed by atoms with Crippen molar-refractivity contribution in [2.24, 2.45) is 11.7 Å². The molecule has 3 N–H and O–H groups in total. The van der Waals surface area contributed by atoms with Crippen molar-refractivity contribution in [3.63, 3.8) is 0 Å². The van der Waals surface area contributed by atoms with Crippen molar-refractivity contribution in [2.75, 3.05) is 0 Å². The van der Waals surface area contributed by atoms with Gasteiger partial charge in [0.2, 0.25) is 0 Å². The molecule has 1 fully saturated rings. The molecule has 0 radical (unpaired) electrons. The standard InChI is InChI=1S/C7H10FNO2/c8-3-5-1-4(7(10)11)2-6(5)9/h3-4,6H,1-2,9H2,(H,10,11)/b5-3+. The van der Waals surface area contributed by atoms with Gasteiger partial charge in [0, 0.05) is 6.04 Å². The van der Waals surface area contributed by atoms with Gasteiger partial charge < -0.3 is 10.8 Å². The van der Waals surface area contributed by atoms with Gasteiger partial charge in [0.15, 0.2) is 0 Å². The Bertz CT molecular complexity index is 203. The highest BCUT2D eigenvalue weighted by atomic mass is 19.1. The van der Waals surface area contributed by atoms with Crippen molar-refractivity contribution in [2.45, 2.75) is 18.9 Å². The van der Waals surface area contributed by atoms with Gasteiger partial charge in [-0.2, -0.15) is 0 Å². The second-order valence-corrected chi connectivity index (χ2v) is 2.77. The third-order valence-corrected chi connectivity index (χ3v) is 1.99. The molecule has 1 saturated carbocycles. The van der Waals surface area contributed by atoms with E-state index in [9.17, 15) is 9.18 Å². The maximum atomic E-state index is 12.0. The van der Waals surface area contributed by atoms with Crippen LogP contribution in [0.2, 0.25) is 0 Å². The number of carboxylic acid groups (broad SMARTS) is 1. The molecule has 0 bridgehead atoms. The van der Waals surface area contributed by atoms with E-state index in [2.05, 4.69) is 0 Å². The van der Waals surface area contributed by atoms with Crippen LogP contribution in [0.4, 0.5) is 4.39 Å². The smallest absolute Gasteiger partial charge is 0.306 e. The summed E-state index contributed by atoms with van der Waals surface area (Å²) in [5.41, 5.74) is 5.86. The predicted molar refractivity (Wildman–Crippen MR) is 37.5 cm³/mol. The number of aliphatic carboxylic acids is 1. The Hall–Kier alpha value is -0.900. The Morgan fingerprint density at radius 1 is 1.82 bits per heavy atom. The average Bonchev–Trinajstić information content (AvgIpc) is 2.31. The van der Waals surface area contributed by atoms with Gasteiger partial charge in [-0.05, 0) is 18.4 Å². The molecule has 1 aliphatic carbocycles. The zero-order valence-electron chi connectivity index (χ0n) is 5.96. The molecule has 11 heavy (non-hydrogen) atoms. The van der Waals surface area contributed by atoms with Crippen LogP contribution in [-0.2, 0) is 4.79 Å². The summed E-state index contributed by atoms with van der Waals surface area (Å²) in [4.78, 5) is 10.4. The van der Waals surface area contributed by atoms with Gasteiger partial charge in [-0.1, -0.05) is 0 Å². The maximum Gasteiger partial charge on any atom is 0.306 e. The van der Waals surface area contributed by atoms with E-state index in [1.807, 2.05) is 0 Å². The molecule has 0 aliphatic heterocycles. The van der Waals surface area contributed by atoms with Gasteiger partial charge in [-0.25, -0.2) is 4.39 Å². The minimum Gasteiger partial charge on any atom is -0.481 e. The highest BCUT2D eigenvalue weighted by Gasteiger charge is 2.31. The number of rotatable bonds is 1. The lowest BCUT2D eigenvalue weighted by atomic mass is 10.1. The topological polar surface area (TPSA) is 63.3 Å². The summed E-state index contributed by atoms with van der Waals surface area (Å²) in [6, 6.07) is -0.402. The normalized spacial score (nSPS) is 34.5. The predicted octanol–water partition coefficient (Wildman–Crippen LogP) is 0.662. The first-order valence-corrected chi connectivity index (χ1v) is 3.42. The Morgan fingerprint density at radius 3 is 2.73 bits per heavy atom. The van der Waals surface area contributed by atoms with E-state index in [0.29, 0.717) is 18.3 Å². The molecule has 3 nitrogen and oxygen atoms in total. The summed E-state index contributed by atoms with van der Waals surface area (Å²) in [6.45, 7) is 0. The summed E-state index contributed by atoms with van der Waals surface area (Å²) in [6.07, 6.45) is 1.03. The van der Waals surface area contributed by atoms with E-state index in [1.54, 1.807) is 0 Å². The van der Waals surface area contributed by atoms with Crippen molar-refractivity contribution in [3.8, 4) is 0 Å². The number of hydrogen-bond acceptors (Lipinski definition) is 2. The third kappa shape index (κ3) is 1.57. The molecule has 2 unspecified atom stereocenters. The average molecular weight is 159 g/mol. The Morgan fingerprint density at radius 2 is 2.45 bits per heavy atom. The Balaban J connectivity index is 2.64. The van der Waals surface area contributed by atoms with E-state index in [4.69, 9.17) is 10.8 Å². The largest absolute Gasteiger partial charge is 0.481 e. The molecule has 1 aliphatic rings. The van der Waals surface area contributed by atoms with Crippen LogP contribution in [0.1, 0.15) is 12.8 Å². The number of hydrogen-bond donors (Lipinski definition) is 2. The summed E-state index contributed by atoms with van der Waals surface area (Å²) in [7, 11) is 0. The van der Waals surface area contributed by atoms with Gasteiger partial charge in [-0.3, -0.25) is 4.79 Å². The van der Waals surface area contributed by atoms with Crippen LogP contribution in [0.15, 0.2) is 11.9 Å². The first kappa shape index (κ1) is 8.20. The lowest BCUT2D eigenvalue weighted by Crippen LogP contribution is -2.18. The van der Waals surface area contributed by atoms with E-state index < -0.39 is 17.9 Å². The number of halogens is 1. The van der Waals surface area contributed by atoms with E-state index >= 15 is 0 Å². The fourth-order valence-corrected chi connectivity index (χ4v) is 1.29. The van der Waals surface area contributed by atoms with Crippen LogP contribution >= 0.6 is 0 Å².